The zero-order chi connectivity index (χ0) is 9.56. The van der Waals surface area contributed by atoms with Crippen molar-refractivity contribution in [3.8, 4) is 0 Å². The molecular formula is C8H15NO3. The minimum atomic E-state index is -0.833. The molecule has 70 valence electrons. The van der Waals surface area contributed by atoms with Crippen LogP contribution >= 0.6 is 0 Å². The second kappa shape index (κ2) is 5.71. The van der Waals surface area contributed by atoms with Crippen molar-refractivity contribution < 1.29 is 14.7 Å². The maximum absolute atomic E-state index is 10.6. The summed E-state index contributed by atoms with van der Waals surface area (Å²) in [6.07, 6.45) is 1.45. The molecule has 1 saturated heterocycles. The molecule has 1 unspecified atom stereocenters. The summed E-state index contributed by atoms with van der Waals surface area (Å²) in [4.78, 5) is 19.6. The second-order valence-electron chi connectivity index (χ2n) is 2.87. The first-order valence-electron chi connectivity index (χ1n) is 3.97. The van der Waals surface area contributed by atoms with Gasteiger partial charge in [0.25, 0.3) is 5.97 Å². The van der Waals surface area contributed by atoms with Crippen LogP contribution < -0.4 is 5.32 Å². The van der Waals surface area contributed by atoms with E-state index in [1.165, 1.54) is 0 Å². The van der Waals surface area contributed by atoms with Crippen LogP contribution in [0.1, 0.15) is 26.7 Å². The second-order valence-corrected chi connectivity index (χ2v) is 2.87. The maximum Gasteiger partial charge on any atom is 0.300 e. The number of hydrogen-bond donors (Lipinski definition) is 2. The average molecular weight is 173 g/mol. The number of carbonyl (C=O) groups excluding carboxylic acids is 1. The Labute approximate surface area is 72.0 Å². The number of ketones is 1. The van der Waals surface area contributed by atoms with E-state index in [1.54, 1.807) is 0 Å². The third kappa shape index (κ3) is 7.21. The van der Waals surface area contributed by atoms with E-state index >= 15 is 0 Å². The first kappa shape index (κ1) is 11.1. The van der Waals surface area contributed by atoms with Crippen LogP contribution in [0, 0.1) is 0 Å². The highest BCUT2D eigenvalue weighted by Gasteiger charge is 2.13. The van der Waals surface area contributed by atoms with Gasteiger partial charge in [-0.15, -0.1) is 0 Å². The van der Waals surface area contributed by atoms with Crippen LogP contribution in [0.5, 0.6) is 0 Å². The molecule has 4 nitrogen and oxygen atoms in total. The number of piperidine rings is 1. The van der Waals surface area contributed by atoms with Gasteiger partial charge in [0.15, 0.2) is 0 Å². The van der Waals surface area contributed by atoms with Gasteiger partial charge in [0.1, 0.15) is 5.78 Å². The Kier molecular flexibility index (Phi) is 5.28. The summed E-state index contributed by atoms with van der Waals surface area (Å²) in [5.41, 5.74) is 0. The predicted molar refractivity (Wildman–Crippen MR) is 45.0 cm³/mol. The molecule has 0 bridgehead atoms. The molecule has 0 aliphatic carbocycles. The monoisotopic (exact) mass is 173 g/mol. The molecule has 1 heterocycles. The summed E-state index contributed by atoms with van der Waals surface area (Å²) in [6.45, 7) is 4.00. The summed E-state index contributed by atoms with van der Waals surface area (Å²) in [5.74, 6) is -0.434. The normalized spacial score (nSPS) is 22.5. The van der Waals surface area contributed by atoms with Crippen LogP contribution in [0.3, 0.4) is 0 Å². The van der Waals surface area contributed by atoms with Crippen molar-refractivity contribution in [1.82, 2.24) is 5.32 Å². The van der Waals surface area contributed by atoms with Crippen molar-refractivity contribution in [3.05, 3.63) is 0 Å². The lowest BCUT2D eigenvalue weighted by Crippen LogP contribution is -2.35. The molecule has 1 rings (SSSR count). The largest absolute Gasteiger partial charge is 0.481 e. The van der Waals surface area contributed by atoms with Gasteiger partial charge in [-0.1, -0.05) is 0 Å². The Bertz CT molecular complexity index is 164. The average Bonchev–Trinajstić information content (AvgIpc) is 1.84. The molecule has 0 aromatic heterocycles. The zero-order valence-corrected chi connectivity index (χ0v) is 7.46. The van der Waals surface area contributed by atoms with Gasteiger partial charge in [0.2, 0.25) is 0 Å². The lowest BCUT2D eigenvalue weighted by atomic mass is 10.1. The standard InChI is InChI=1S/C6H11NO.C2H4O2/c1-5-4-6(8)2-3-7-5;1-2(3)4/h5,7H,2-4H2,1H3;1H3,(H,3,4). The molecule has 1 aliphatic heterocycles. The molecule has 1 aliphatic rings. The van der Waals surface area contributed by atoms with E-state index in [2.05, 4.69) is 5.32 Å². The molecule has 1 fully saturated rings. The fraction of sp³-hybridized carbons (Fsp3) is 0.750. The molecule has 0 saturated carbocycles. The van der Waals surface area contributed by atoms with Gasteiger partial charge in [-0.25, -0.2) is 0 Å². The molecule has 4 heteroatoms. The molecule has 2 N–H and O–H groups in total. The third-order valence-electron chi connectivity index (χ3n) is 1.43. The number of carbonyl (C=O) groups is 2. The summed E-state index contributed by atoms with van der Waals surface area (Å²) in [6, 6.07) is 0.413. The van der Waals surface area contributed by atoms with Crippen LogP contribution in [0.4, 0.5) is 0 Å². The number of rotatable bonds is 0. The third-order valence-corrected chi connectivity index (χ3v) is 1.43. The lowest BCUT2D eigenvalue weighted by Gasteiger charge is -2.17. The smallest absolute Gasteiger partial charge is 0.300 e. The number of nitrogens with one attached hydrogen (secondary N) is 1. The summed E-state index contributed by atoms with van der Waals surface area (Å²) in [7, 11) is 0. The molecule has 0 amide bonds. The molecule has 0 spiro atoms. The van der Waals surface area contributed by atoms with Crippen LogP contribution in [-0.4, -0.2) is 29.4 Å². The Balaban J connectivity index is 0.000000261. The highest BCUT2D eigenvalue weighted by molar-refractivity contribution is 5.79. The Hall–Kier alpha value is -0.900. The highest BCUT2D eigenvalue weighted by Crippen LogP contribution is 2.00. The van der Waals surface area contributed by atoms with E-state index in [0.717, 1.165) is 26.3 Å². The van der Waals surface area contributed by atoms with Crippen LogP contribution in [0.2, 0.25) is 0 Å². The first-order valence-corrected chi connectivity index (χ1v) is 3.97. The number of aliphatic carboxylic acids is 1. The van der Waals surface area contributed by atoms with Gasteiger partial charge in [-0.2, -0.15) is 0 Å². The fourth-order valence-electron chi connectivity index (χ4n) is 0.974. The van der Waals surface area contributed by atoms with Gasteiger partial charge in [0.05, 0.1) is 0 Å². The van der Waals surface area contributed by atoms with Crippen molar-refractivity contribution in [2.45, 2.75) is 32.7 Å². The highest BCUT2D eigenvalue weighted by atomic mass is 16.4. The molecule has 12 heavy (non-hydrogen) atoms. The van der Waals surface area contributed by atoms with Crippen molar-refractivity contribution in [3.63, 3.8) is 0 Å². The Morgan fingerprint density at radius 2 is 2.17 bits per heavy atom. The van der Waals surface area contributed by atoms with E-state index in [9.17, 15) is 4.79 Å². The Morgan fingerprint density at radius 1 is 1.67 bits per heavy atom. The van der Waals surface area contributed by atoms with E-state index in [-0.39, 0.29) is 0 Å². The van der Waals surface area contributed by atoms with Crippen LogP contribution in [-0.2, 0) is 9.59 Å². The predicted octanol–water partition coefficient (Wildman–Crippen LogP) is 0.418. The van der Waals surface area contributed by atoms with Crippen molar-refractivity contribution in [2.75, 3.05) is 6.54 Å². The number of Topliss-reactive ketones (excluding diaryl/α,β-unsaturated/α-hetero) is 1. The molecule has 0 radical (unpaired) electrons. The quantitative estimate of drug-likeness (QED) is 0.557. The summed E-state index contributed by atoms with van der Waals surface area (Å²) < 4.78 is 0. The molecular weight excluding hydrogens is 158 g/mol. The van der Waals surface area contributed by atoms with Gasteiger partial charge in [-0.3, -0.25) is 9.59 Å². The lowest BCUT2D eigenvalue weighted by molar-refractivity contribution is -0.134. The number of hydrogen-bond acceptors (Lipinski definition) is 3. The Morgan fingerprint density at radius 3 is 2.42 bits per heavy atom. The van der Waals surface area contributed by atoms with Gasteiger partial charge >= 0.3 is 0 Å². The number of carboxylic acids is 1. The van der Waals surface area contributed by atoms with Gasteiger partial charge < -0.3 is 10.4 Å². The fourth-order valence-corrected chi connectivity index (χ4v) is 0.974. The molecule has 1 atom stereocenters. The van der Waals surface area contributed by atoms with Crippen molar-refractivity contribution >= 4 is 11.8 Å². The molecule has 0 aromatic carbocycles. The SMILES string of the molecule is CC(=O)O.CC1CC(=O)CCN1. The van der Waals surface area contributed by atoms with Gasteiger partial charge in [-0.05, 0) is 6.92 Å². The van der Waals surface area contributed by atoms with Crippen molar-refractivity contribution in [1.29, 1.82) is 0 Å². The van der Waals surface area contributed by atoms with E-state index in [1.807, 2.05) is 6.92 Å². The van der Waals surface area contributed by atoms with E-state index in [4.69, 9.17) is 9.90 Å². The minimum absolute atomic E-state index is 0.399. The van der Waals surface area contributed by atoms with Crippen molar-refractivity contribution in [2.24, 2.45) is 0 Å². The van der Waals surface area contributed by atoms with Gasteiger partial charge in [0, 0.05) is 32.4 Å². The number of carboxylic acid groups (broad SMARTS) is 1. The van der Waals surface area contributed by atoms with E-state index < -0.39 is 5.97 Å². The first-order chi connectivity index (χ1) is 5.52. The zero-order valence-electron chi connectivity index (χ0n) is 7.46. The summed E-state index contributed by atoms with van der Waals surface area (Å²) >= 11 is 0. The van der Waals surface area contributed by atoms with Crippen LogP contribution in [0.25, 0.3) is 0 Å². The topological polar surface area (TPSA) is 66.4 Å². The van der Waals surface area contributed by atoms with Crippen LogP contribution in [0.15, 0.2) is 0 Å². The van der Waals surface area contributed by atoms with E-state index in [0.29, 0.717) is 11.8 Å². The summed E-state index contributed by atoms with van der Waals surface area (Å²) in [5, 5.41) is 10.6. The molecule has 0 aromatic rings. The maximum atomic E-state index is 10.6. The minimum Gasteiger partial charge on any atom is -0.481 e.